The Hall–Kier alpha value is -1.78. The quantitative estimate of drug-likeness (QED) is 0.459. The van der Waals surface area contributed by atoms with E-state index in [4.69, 9.17) is 5.21 Å². The van der Waals surface area contributed by atoms with E-state index < -0.39 is 11.7 Å². The van der Waals surface area contributed by atoms with Crippen molar-refractivity contribution in [2.45, 2.75) is 6.18 Å². The van der Waals surface area contributed by atoms with E-state index in [-0.39, 0.29) is 11.1 Å². The van der Waals surface area contributed by atoms with Crippen LogP contribution in [0.5, 0.6) is 0 Å². The van der Waals surface area contributed by atoms with Crippen molar-refractivity contribution >= 4 is 11.8 Å². The first kappa shape index (κ1) is 11.3. The zero-order valence-electron chi connectivity index (χ0n) is 7.62. The average Bonchev–Trinajstić information content (AvgIpc) is 2.17. The third-order valence-electron chi connectivity index (χ3n) is 1.82. The molecule has 0 aliphatic heterocycles. The van der Waals surface area contributed by atoms with Crippen molar-refractivity contribution < 1.29 is 18.4 Å². The average molecular weight is 215 g/mol. The van der Waals surface area contributed by atoms with Gasteiger partial charge in [0.25, 0.3) is 0 Å². The molecule has 0 heterocycles. The molecule has 0 unspecified atom stereocenters. The van der Waals surface area contributed by atoms with Crippen molar-refractivity contribution in [2.24, 2.45) is 5.16 Å². The second kappa shape index (κ2) is 4.16. The van der Waals surface area contributed by atoms with Gasteiger partial charge in [0.15, 0.2) is 0 Å². The Morgan fingerprint density at radius 2 is 1.93 bits per heavy atom. The van der Waals surface area contributed by atoms with Gasteiger partial charge in [-0.3, -0.25) is 0 Å². The number of alkyl halides is 3. The summed E-state index contributed by atoms with van der Waals surface area (Å²) >= 11 is 0. The van der Waals surface area contributed by atoms with E-state index in [0.717, 1.165) is 6.21 Å². The van der Waals surface area contributed by atoms with Crippen LogP contribution in [-0.2, 0) is 0 Å². The summed E-state index contributed by atoms with van der Waals surface area (Å²) in [5.74, 6) is 0. The van der Waals surface area contributed by atoms with Crippen LogP contribution in [0.25, 0.3) is 5.57 Å². The van der Waals surface area contributed by atoms with E-state index in [1.54, 1.807) is 6.07 Å². The molecule has 0 saturated heterocycles. The van der Waals surface area contributed by atoms with Crippen LogP contribution in [0.2, 0.25) is 0 Å². The second-order valence-corrected chi connectivity index (χ2v) is 2.81. The van der Waals surface area contributed by atoms with E-state index in [9.17, 15) is 13.2 Å². The summed E-state index contributed by atoms with van der Waals surface area (Å²) in [6.07, 6.45) is -3.55. The standard InChI is InChI=1S/C10H8F3NO/c1-7(10(11,12)13)9-5-3-2-4-8(9)6-14-15/h2-6,15H,1H2/b14-6+. The molecule has 80 valence electrons. The van der Waals surface area contributed by atoms with Gasteiger partial charge in [-0.25, -0.2) is 0 Å². The van der Waals surface area contributed by atoms with Crippen molar-refractivity contribution in [1.29, 1.82) is 0 Å². The lowest BCUT2D eigenvalue weighted by atomic mass is 10.0. The molecule has 0 aromatic heterocycles. The van der Waals surface area contributed by atoms with Gasteiger partial charge in [0.1, 0.15) is 0 Å². The summed E-state index contributed by atoms with van der Waals surface area (Å²) in [5.41, 5.74) is -0.886. The van der Waals surface area contributed by atoms with Gasteiger partial charge >= 0.3 is 6.18 Å². The molecule has 0 aliphatic rings. The molecule has 0 radical (unpaired) electrons. The summed E-state index contributed by atoms with van der Waals surface area (Å²) in [6, 6.07) is 5.68. The van der Waals surface area contributed by atoms with Crippen molar-refractivity contribution in [3.8, 4) is 0 Å². The maximum absolute atomic E-state index is 12.3. The van der Waals surface area contributed by atoms with Gasteiger partial charge in [0, 0.05) is 5.56 Å². The molecule has 0 atom stereocenters. The minimum Gasteiger partial charge on any atom is -0.411 e. The lowest BCUT2D eigenvalue weighted by Gasteiger charge is -2.11. The summed E-state index contributed by atoms with van der Waals surface area (Å²) < 4.78 is 37.0. The van der Waals surface area contributed by atoms with Crippen molar-refractivity contribution in [2.75, 3.05) is 0 Å². The van der Waals surface area contributed by atoms with Crippen molar-refractivity contribution in [1.82, 2.24) is 0 Å². The van der Waals surface area contributed by atoms with E-state index in [1.165, 1.54) is 18.2 Å². The van der Waals surface area contributed by atoms with Crippen LogP contribution in [0.3, 0.4) is 0 Å². The Kier molecular flexibility index (Phi) is 3.14. The fraction of sp³-hybridized carbons (Fsp3) is 0.100. The smallest absolute Gasteiger partial charge is 0.411 e. The van der Waals surface area contributed by atoms with Crippen LogP contribution in [0, 0.1) is 0 Å². The number of hydrogen-bond donors (Lipinski definition) is 1. The molecule has 1 N–H and O–H groups in total. The van der Waals surface area contributed by atoms with E-state index >= 15 is 0 Å². The summed E-state index contributed by atoms with van der Waals surface area (Å²) in [6.45, 7) is 2.97. The van der Waals surface area contributed by atoms with Crippen LogP contribution in [0.4, 0.5) is 13.2 Å². The molecule has 2 nitrogen and oxygen atoms in total. The third kappa shape index (κ3) is 2.59. The number of halogens is 3. The Bertz CT molecular complexity index is 396. The SMILES string of the molecule is C=C(c1ccccc1/C=N/O)C(F)(F)F. The molecule has 0 spiro atoms. The van der Waals surface area contributed by atoms with Crippen LogP contribution in [0.15, 0.2) is 36.0 Å². The maximum Gasteiger partial charge on any atom is 0.416 e. The van der Waals surface area contributed by atoms with Gasteiger partial charge in [-0.15, -0.1) is 0 Å². The minimum absolute atomic E-state index is 0.0946. The fourth-order valence-corrected chi connectivity index (χ4v) is 1.10. The molecule has 0 amide bonds. The van der Waals surface area contributed by atoms with Crippen molar-refractivity contribution in [3.05, 3.63) is 42.0 Å². The number of allylic oxidation sites excluding steroid dienone is 1. The van der Waals surface area contributed by atoms with Crippen LogP contribution in [0.1, 0.15) is 11.1 Å². The first-order valence-electron chi connectivity index (χ1n) is 3.99. The summed E-state index contributed by atoms with van der Waals surface area (Å²) in [4.78, 5) is 0. The number of nitrogens with zero attached hydrogens (tertiary/aromatic N) is 1. The van der Waals surface area contributed by atoms with Gasteiger partial charge in [0.05, 0.1) is 11.8 Å². The summed E-state index contributed by atoms with van der Waals surface area (Å²) in [5, 5.41) is 11.0. The molecule has 0 aliphatic carbocycles. The fourth-order valence-electron chi connectivity index (χ4n) is 1.10. The van der Waals surface area contributed by atoms with Crippen LogP contribution >= 0.6 is 0 Å². The topological polar surface area (TPSA) is 32.6 Å². The molecule has 5 heteroatoms. The third-order valence-corrected chi connectivity index (χ3v) is 1.82. The zero-order valence-corrected chi connectivity index (χ0v) is 7.62. The lowest BCUT2D eigenvalue weighted by Crippen LogP contribution is -2.11. The number of rotatable bonds is 2. The largest absolute Gasteiger partial charge is 0.416 e. The molecule has 0 saturated carbocycles. The van der Waals surface area contributed by atoms with E-state index in [0.29, 0.717) is 0 Å². The molecular formula is C10H8F3NO. The molecule has 0 fully saturated rings. The molecule has 1 aromatic rings. The highest BCUT2D eigenvalue weighted by Crippen LogP contribution is 2.33. The number of benzene rings is 1. The number of hydrogen-bond acceptors (Lipinski definition) is 2. The molecular weight excluding hydrogens is 207 g/mol. The molecule has 15 heavy (non-hydrogen) atoms. The highest BCUT2D eigenvalue weighted by atomic mass is 19.4. The highest BCUT2D eigenvalue weighted by Gasteiger charge is 2.33. The normalized spacial score (nSPS) is 11.9. The molecule has 1 rings (SSSR count). The Balaban J connectivity index is 3.20. The van der Waals surface area contributed by atoms with Gasteiger partial charge in [0.2, 0.25) is 0 Å². The zero-order chi connectivity index (χ0) is 11.5. The Morgan fingerprint density at radius 3 is 2.47 bits per heavy atom. The highest BCUT2D eigenvalue weighted by molar-refractivity contribution is 5.88. The van der Waals surface area contributed by atoms with E-state index in [2.05, 4.69) is 11.7 Å². The number of oxime groups is 1. The van der Waals surface area contributed by atoms with E-state index in [1.807, 2.05) is 0 Å². The maximum atomic E-state index is 12.3. The molecule has 0 bridgehead atoms. The van der Waals surface area contributed by atoms with Gasteiger partial charge in [-0.2, -0.15) is 13.2 Å². The van der Waals surface area contributed by atoms with Gasteiger partial charge < -0.3 is 5.21 Å². The Morgan fingerprint density at radius 1 is 1.33 bits per heavy atom. The second-order valence-electron chi connectivity index (χ2n) is 2.81. The van der Waals surface area contributed by atoms with Crippen LogP contribution < -0.4 is 0 Å². The lowest BCUT2D eigenvalue weighted by molar-refractivity contribution is -0.0686. The van der Waals surface area contributed by atoms with Crippen molar-refractivity contribution in [3.63, 3.8) is 0 Å². The monoisotopic (exact) mass is 215 g/mol. The predicted octanol–water partition coefficient (Wildman–Crippen LogP) is 3.07. The van der Waals surface area contributed by atoms with Gasteiger partial charge in [-0.05, 0) is 5.56 Å². The minimum atomic E-state index is -4.49. The summed E-state index contributed by atoms with van der Waals surface area (Å²) in [7, 11) is 0. The molecule has 1 aromatic carbocycles. The first-order chi connectivity index (χ1) is 6.96. The Labute approximate surface area is 84.3 Å². The van der Waals surface area contributed by atoms with Crippen LogP contribution in [-0.4, -0.2) is 17.6 Å². The predicted molar refractivity (Wildman–Crippen MR) is 50.9 cm³/mol. The first-order valence-corrected chi connectivity index (χ1v) is 3.99. The van der Waals surface area contributed by atoms with Gasteiger partial charge in [-0.1, -0.05) is 36.0 Å².